The van der Waals surface area contributed by atoms with Crippen molar-refractivity contribution in [3.63, 3.8) is 0 Å². The topological polar surface area (TPSA) is 40.1 Å². The molecule has 142 valence electrons. The van der Waals surface area contributed by atoms with Gasteiger partial charge in [-0.25, -0.2) is 9.36 Å². The summed E-state index contributed by atoms with van der Waals surface area (Å²) in [5.74, 6) is 0. The standard InChI is InChI=1S/C25H17N5/c1-16-12-19-23-20(13-16)25-22(15-27-30(25)18-10-6-3-7-11-18)28(23)21-14-26-29(24(19)21)17-8-4-2-5-9-17/h2-15H,1H3. The van der Waals surface area contributed by atoms with Gasteiger partial charge in [0.2, 0.25) is 0 Å². The lowest BCUT2D eigenvalue weighted by atomic mass is 10.1. The van der Waals surface area contributed by atoms with Crippen molar-refractivity contribution in [2.75, 3.05) is 0 Å². The summed E-state index contributed by atoms with van der Waals surface area (Å²) in [5, 5.41) is 11.9. The van der Waals surface area contributed by atoms with E-state index in [1.54, 1.807) is 0 Å². The molecule has 5 heteroatoms. The van der Waals surface area contributed by atoms with Gasteiger partial charge >= 0.3 is 0 Å². The Labute approximate surface area is 171 Å². The molecule has 0 amide bonds. The van der Waals surface area contributed by atoms with Gasteiger partial charge in [-0.1, -0.05) is 36.4 Å². The lowest BCUT2D eigenvalue weighted by Crippen LogP contribution is -1.96. The van der Waals surface area contributed by atoms with E-state index in [0.717, 1.165) is 33.4 Å². The normalized spacial score (nSPS) is 12.2. The molecule has 0 aliphatic heterocycles. The van der Waals surface area contributed by atoms with Crippen LogP contribution in [0, 0.1) is 6.92 Å². The molecule has 0 radical (unpaired) electrons. The third kappa shape index (κ3) is 1.86. The van der Waals surface area contributed by atoms with E-state index in [1.807, 2.05) is 58.2 Å². The van der Waals surface area contributed by atoms with Gasteiger partial charge in [0.05, 0.1) is 40.3 Å². The van der Waals surface area contributed by atoms with Crippen LogP contribution in [0.1, 0.15) is 5.56 Å². The summed E-state index contributed by atoms with van der Waals surface area (Å²) in [6.07, 6.45) is 3.94. The average Bonchev–Trinajstić information content (AvgIpc) is 3.52. The van der Waals surface area contributed by atoms with E-state index in [0.29, 0.717) is 0 Å². The Kier molecular flexibility index (Phi) is 2.88. The van der Waals surface area contributed by atoms with Crippen LogP contribution in [-0.4, -0.2) is 24.0 Å². The van der Waals surface area contributed by atoms with Gasteiger partial charge in [0, 0.05) is 10.8 Å². The van der Waals surface area contributed by atoms with E-state index in [2.05, 4.69) is 47.7 Å². The predicted octanol–water partition coefficient (Wildman–Crippen LogP) is 5.52. The van der Waals surface area contributed by atoms with E-state index < -0.39 is 0 Å². The summed E-state index contributed by atoms with van der Waals surface area (Å²) >= 11 is 0. The maximum atomic E-state index is 4.74. The molecule has 0 unspecified atom stereocenters. The first-order chi connectivity index (χ1) is 14.8. The number of hydrogen-bond acceptors (Lipinski definition) is 2. The number of rotatable bonds is 2. The average molecular weight is 387 g/mol. The lowest BCUT2D eigenvalue weighted by molar-refractivity contribution is 0.912. The van der Waals surface area contributed by atoms with E-state index in [-0.39, 0.29) is 0 Å². The van der Waals surface area contributed by atoms with Crippen LogP contribution < -0.4 is 0 Å². The quantitative estimate of drug-likeness (QED) is 0.392. The second kappa shape index (κ2) is 5.48. The van der Waals surface area contributed by atoms with E-state index >= 15 is 0 Å². The first-order valence-electron chi connectivity index (χ1n) is 10.0. The van der Waals surface area contributed by atoms with Gasteiger partial charge in [-0.2, -0.15) is 10.2 Å². The Hall–Kier alpha value is -4.12. The molecule has 0 saturated heterocycles. The Morgan fingerprint density at radius 1 is 0.600 bits per heavy atom. The zero-order valence-corrected chi connectivity index (χ0v) is 16.3. The van der Waals surface area contributed by atoms with Crippen molar-refractivity contribution in [3.05, 3.63) is 90.8 Å². The fourth-order valence-corrected chi connectivity index (χ4v) is 4.79. The molecule has 7 aromatic rings. The van der Waals surface area contributed by atoms with Gasteiger partial charge in [0.25, 0.3) is 0 Å². The second-order valence-corrected chi connectivity index (χ2v) is 7.80. The summed E-state index contributed by atoms with van der Waals surface area (Å²) in [7, 11) is 0. The number of aryl methyl sites for hydroxylation is 1. The number of aromatic nitrogens is 5. The number of hydrogen-bond donors (Lipinski definition) is 0. The highest BCUT2D eigenvalue weighted by Crippen LogP contribution is 2.40. The first-order valence-corrected chi connectivity index (χ1v) is 10.0. The molecule has 0 N–H and O–H groups in total. The summed E-state index contributed by atoms with van der Waals surface area (Å²) in [6, 6.07) is 25.2. The van der Waals surface area contributed by atoms with Crippen molar-refractivity contribution in [2.24, 2.45) is 0 Å². The monoisotopic (exact) mass is 387 g/mol. The van der Waals surface area contributed by atoms with Crippen LogP contribution in [0.15, 0.2) is 85.2 Å². The molecule has 0 fully saturated rings. The maximum Gasteiger partial charge on any atom is 0.100 e. The highest BCUT2D eigenvalue weighted by atomic mass is 15.3. The van der Waals surface area contributed by atoms with Crippen molar-refractivity contribution >= 4 is 38.4 Å². The Morgan fingerprint density at radius 2 is 1.07 bits per heavy atom. The van der Waals surface area contributed by atoms with Crippen LogP contribution in [0.2, 0.25) is 0 Å². The zero-order chi connectivity index (χ0) is 19.8. The molecular weight excluding hydrogens is 370 g/mol. The minimum absolute atomic E-state index is 1.07. The van der Waals surface area contributed by atoms with Gasteiger partial charge in [0.15, 0.2) is 0 Å². The Morgan fingerprint density at radius 3 is 1.53 bits per heavy atom. The van der Waals surface area contributed by atoms with Crippen molar-refractivity contribution < 1.29 is 0 Å². The number of nitrogens with zero attached hydrogens (tertiary/aromatic N) is 5. The zero-order valence-electron chi connectivity index (χ0n) is 16.3. The summed E-state index contributed by atoms with van der Waals surface area (Å²) in [6.45, 7) is 2.16. The molecule has 0 atom stereocenters. The van der Waals surface area contributed by atoms with Gasteiger partial charge < -0.3 is 4.40 Å². The highest BCUT2D eigenvalue weighted by molar-refractivity contribution is 6.22. The largest absolute Gasteiger partial charge is 0.302 e. The lowest BCUT2D eigenvalue weighted by Gasteiger charge is -2.05. The van der Waals surface area contributed by atoms with Gasteiger partial charge in [-0.15, -0.1) is 0 Å². The molecule has 5 nitrogen and oxygen atoms in total. The smallest absolute Gasteiger partial charge is 0.100 e. The van der Waals surface area contributed by atoms with Crippen LogP contribution in [0.5, 0.6) is 0 Å². The van der Waals surface area contributed by atoms with Gasteiger partial charge in [0.1, 0.15) is 11.0 Å². The van der Waals surface area contributed by atoms with Gasteiger partial charge in [-0.3, -0.25) is 0 Å². The molecule has 30 heavy (non-hydrogen) atoms. The van der Waals surface area contributed by atoms with Crippen LogP contribution in [0.4, 0.5) is 0 Å². The minimum atomic E-state index is 1.07. The van der Waals surface area contributed by atoms with Crippen molar-refractivity contribution in [2.45, 2.75) is 6.92 Å². The summed E-state index contributed by atoms with van der Waals surface area (Å²) in [5.41, 5.74) is 9.07. The van der Waals surface area contributed by atoms with Crippen LogP contribution >= 0.6 is 0 Å². The molecule has 4 heterocycles. The second-order valence-electron chi connectivity index (χ2n) is 7.80. The van der Waals surface area contributed by atoms with Crippen molar-refractivity contribution in [1.82, 2.24) is 24.0 Å². The van der Waals surface area contributed by atoms with E-state index in [4.69, 9.17) is 10.2 Å². The maximum absolute atomic E-state index is 4.74. The third-order valence-electron chi connectivity index (χ3n) is 5.97. The molecule has 7 rings (SSSR count). The van der Waals surface area contributed by atoms with Gasteiger partial charge in [-0.05, 0) is 48.9 Å². The number of benzene rings is 3. The fraction of sp³-hybridized carbons (Fsp3) is 0.0400. The van der Waals surface area contributed by atoms with Crippen LogP contribution in [0.25, 0.3) is 49.7 Å². The molecule has 0 saturated carbocycles. The van der Waals surface area contributed by atoms with Crippen LogP contribution in [0.3, 0.4) is 0 Å². The molecule has 0 bridgehead atoms. The van der Waals surface area contributed by atoms with E-state index in [9.17, 15) is 0 Å². The van der Waals surface area contributed by atoms with E-state index in [1.165, 1.54) is 21.9 Å². The molecular formula is C25H17N5. The molecule has 0 aliphatic rings. The number of para-hydroxylation sites is 2. The SMILES string of the molecule is Cc1cc2c3c(cnn3-c3ccccc3)n3c4cnn(-c5ccccc5)c4c(c1)c23. The molecule has 0 aliphatic carbocycles. The fourth-order valence-electron chi connectivity index (χ4n) is 4.79. The summed E-state index contributed by atoms with van der Waals surface area (Å²) < 4.78 is 6.40. The molecule has 4 aromatic heterocycles. The Balaban J connectivity index is 1.68. The minimum Gasteiger partial charge on any atom is -0.302 e. The third-order valence-corrected chi connectivity index (χ3v) is 5.97. The molecule has 0 spiro atoms. The van der Waals surface area contributed by atoms with Crippen molar-refractivity contribution in [1.29, 1.82) is 0 Å². The highest BCUT2D eigenvalue weighted by Gasteiger charge is 2.24. The first kappa shape index (κ1) is 15.8. The summed E-state index contributed by atoms with van der Waals surface area (Å²) in [4.78, 5) is 0. The molecule has 3 aromatic carbocycles. The van der Waals surface area contributed by atoms with Crippen LogP contribution in [-0.2, 0) is 0 Å². The van der Waals surface area contributed by atoms with Crippen molar-refractivity contribution in [3.8, 4) is 11.4 Å². The Bertz CT molecular complexity index is 1560. The predicted molar refractivity (Wildman–Crippen MR) is 120 cm³/mol. The number of fused-ring (bicyclic) bond motifs is 6.